The number of rotatable bonds is 8. The molecule has 0 aliphatic carbocycles. The van der Waals surface area contributed by atoms with Crippen LogP contribution in [0, 0.1) is 5.92 Å². The van der Waals surface area contributed by atoms with Crippen molar-refractivity contribution >= 4 is 38.6 Å². The third-order valence-corrected chi connectivity index (χ3v) is 6.33. The molecule has 0 radical (unpaired) electrons. The number of amides is 1. The number of fused-ring (bicyclic) bond motifs is 1. The summed E-state index contributed by atoms with van der Waals surface area (Å²) < 4.78 is 33.1. The Morgan fingerprint density at radius 2 is 1.81 bits per heavy atom. The number of anilines is 1. The summed E-state index contributed by atoms with van der Waals surface area (Å²) in [7, 11) is -2.78. The van der Waals surface area contributed by atoms with E-state index in [1.807, 2.05) is 0 Å². The zero-order chi connectivity index (χ0) is 23.5. The van der Waals surface area contributed by atoms with Gasteiger partial charge in [-0.3, -0.25) is 14.3 Å². The molecule has 0 saturated heterocycles. The van der Waals surface area contributed by atoms with E-state index >= 15 is 0 Å². The van der Waals surface area contributed by atoms with Crippen molar-refractivity contribution in [1.29, 1.82) is 0 Å². The van der Waals surface area contributed by atoms with Crippen LogP contribution in [-0.2, 0) is 19.6 Å². The second-order valence-electron chi connectivity index (χ2n) is 7.21. The van der Waals surface area contributed by atoms with E-state index in [4.69, 9.17) is 4.74 Å². The first kappa shape index (κ1) is 23.1. The molecule has 1 unspecified atom stereocenters. The maximum Gasteiger partial charge on any atom is 0.323 e. The topological polar surface area (TPSA) is 141 Å². The van der Waals surface area contributed by atoms with Gasteiger partial charge in [0.1, 0.15) is 0 Å². The van der Waals surface area contributed by atoms with Crippen LogP contribution in [0.25, 0.3) is 11.0 Å². The molecular weight excluding hydrogens is 436 g/mol. The molecule has 3 aromatic rings. The average molecular weight is 461 g/mol. The number of methoxy groups -OCH3 is 1. The number of carbonyl (C=O) groups excluding carboxylic acids is 2. The molecule has 1 aromatic heterocycles. The van der Waals surface area contributed by atoms with Gasteiger partial charge in [0.15, 0.2) is 0 Å². The molecule has 3 N–H and O–H groups in total. The van der Waals surface area contributed by atoms with Crippen molar-refractivity contribution in [1.82, 2.24) is 14.9 Å². The Balaban J connectivity index is 1.90. The monoisotopic (exact) mass is 460 g/mol. The number of carbonyl (C=O) groups is 2. The molecule has 0 aliphatic rings. The fourth-order valence-electron chi connectivity index (χ4n) is 3.27. The number of imidazole rings is 1. The first-order chi connectivity index (χ1) is 15.2. The Bertz CT molecular complexity index is 1310. The summed E-state index contributed by atoms with van der Waals surface area (Å²) in [5, 5.41) is 0. The molecule has 11 heteroatoms. The van der Waals surface area contributed by atoms with Crippen LogP contribution in [0.4, 0.5) is 5.69 Å². The van der Waals surface area contributed by atoms with Crippen LogP contribution in [0.1, 0.15) is 24.2 Å². The number of nitrogens with zero attached hydrogens (tertiary/aromatic N) is 1. The fraction of sp³-hybridized carbons (Fsp3) is 0.286. The van der Waals surface area contributed by atoms with Crippen LogP contribution in [0.15, 0.2) is 52.2 Å². The minimum atomic E-state index is -4.06. The zero-order valence-corrected chi connectivity index (χ0v) is 18.7. The van der Waals surface area contributed by atoms with Gasteiger partial charge in [0.05, 0.1) is 40.2 Å². The summed E-state index contributed by atoms with van der Waals surface area (Å²) in [6.45, 7) is 3.86. The van der Waals surface area contributed by atoms with E-state index in [2.05, 4.69) is 14.7 Å². The van der Waals surface area contributed by atoms with Crippen molar-refractivity contribution < 1.29 is 22.7 Å². The molecule has 1 heterocycles. The van der Waals surface area contributed by atoms with Crippen molar-refractivity contribution in [2.75, 3.05) is 24.9 Å². The lowest BCUT2D eigenvalue weighted by atomic mass is 10.1. The smallest absolute Gasteiger partial charge is 0.323 e. The molecule has 3 rings (SSSR count). The Morgan fingerprint density at radius 1 is 1.12 bits per heavy atom. The Hall–Kier alpha value is -3.60. The fourth-order valence-corrected chi connectivity index (χ4v) is 4.38. The molecule has 0 aliphatic heterocycles. The summed E-state index contributed by atoms with van der Waals surface area (Å²) in [5.41, 5.74) is 0.619. The molecule has 1 atom stereocenters. The molecule has 0 fully saturated rings. The van der Waals surface area contributed by atoms with Gasteiger partial charge in [-0.15, -0.1) is 0 Å². The standard InChI is InChI=1S/C21H24N4O6S/c1-4-25(12-13(2)20(27)31-3)19(26)15-7-5-6-8-16(15)24-32(29,30)14-9-10-17-18(11-14)23-21(28)22-17/h5-11,13,24H,4,12H2,1-3H3,(H2,22,23,28). The van der Waals surface area contributed by atoms with Crippen molar-refractivity contribution in [3.8, 4) is 0 Å². The number of H-pyrrole nitrogens is 2. The van der Waals surface area contributed by atoms with E-state index in [0.717, 1.165) is 0 Å². The van der Waals surface area contributed by atoms with E-state index in [-0.39, 0.29) is 22.7 Å². The quantitative estimate of drug-likeness (QED) is 0.439. The summed E-state index contributed by atoms with van der Waals surface area (Å²) in [6.07, 6.45) is 0. The number of hydrogen-bond acceptors (Lipinski definition) is 6. The van der Waals surface area contributed by atoms with Gasteiger partial charge in [0.25, 0.3) is 15.9 Å². The molecule has 0 spiro atoms. The zero-order valence-electron chi connectivity index (χ0n) is 17.8. The second kappa shape index (κ2) is 9.27. The number of aromatic amines is 2. The van der Waals surface area contributed by atoms with Crippen molar-refractivity contribution in [3.05, 3.63) is 58.5 Å². The molecule has 2 aromatic carbocycles. The molecule has 10 nitrogen and oxygen atoms in total. The van der Waals surface area contributed by atoms with Crippen LogP contribution in [-0.4, -0.2) is 55.4 Å². The lowest BCUT2D eigenvalue weighted by Gasteiger charge is -2.24. The van der Waals surface area contributed by atoms with Crippen LogP contribution in [0.5, 0.6) is 0 Å². The molecule has 170 valence electrons. The van der Waals surface area contributed by atoms with Gasteiger partial charge in [0.2, 0.25) is 0 Å². The summed E-state index contributed by atoms with van der Waals surface area (Å²) in [5.74, 6) is -1.40. The lowest BCUT2D eigenvalue weighted by molar-refractivity contribution is -0.145. The molecule has 1 amide bonds. The number of nitrogens with one attached hydrogen (secondary N) is 3. The van der Waals surface area contributed by atoms with Gasteiger partial charge in [-0.1, -0.05) is 19.1 Å². The molecular formula is C21H24N4O6S. The second-order valence-corrected chi connectivity index (χ2v) is 8.89. The van der Waals surface area contributed by atoms with Crippen molar-refractivity contribution in [3.63, 3.8) is 0 Å². The van der Waals surface area contributed by atoms with E-state index < -0.39 is 33.5 Å². The minimum Gasteiger partial charge on any atom is -0.469 e. The maximum atomic E-state index is 13.1. The van der Waals surface area contributed by atoms with Gasteiger partial charge in [-0.05, 0) is 37.3 Å². The third-order valence-electron chi connectivity index (χ3n) is 4.97. The Labute approximate surface area is 184 Å². The highest BCUT2D eigenvalue weighted by Crippen LogP contribution is 2.23. The van der Waals surface area contributed by atoms with E-state index in [0.29, 0.717) is 17.6 Å². The molecule has 32 heavy (non-hydrogen) atoms. The number of hydrogen-bond donors (Lipinski definition) is 3. The largest absolute Gasteiger partial charge is 0.469 e. The molecule has 0 saturated carbocycles. The van der Waals surface area contributed by atoms with Gasteiger partial charge >= 0.3 is 11.7 Å². The maximum absolute atomic E-state index is 13.1. The number of esters is 1. The minimum absolute atomic E-state index is 0.0748. The normalized spacial score (nSPS) is 12.3. The SMILES string of the molecule is CCN(CC(C)C(=O)OC)C(=O)c1ccccc1NS(=O)(=O)c1ccc2[nH]c(=O)[nH]c2c1. The van der Waals surface area contributed by atoms with Gasteiger partial charge in [-0.2, -0.15) is 0 Å². The van der Waals surface area contributed by atoms with E-state index in [1.54, 1.807) is 26.0 Å². The number of para-hydroxylation sites is 1. The van der Waals surface area contributed by atoms with Crippen LogP contribution in [0.3, 0.4) is 0 Å². The summed E-state index contributed by atoms with van der Waals surface area (Å²) in [6, 6.07) is 10.4. The predicted molar refractivity (Wildman–Crippen MR) is 119 cm³/mol. The number of sulfonamides is 1. The Kier molecular flexibility index (Phi) is 6.68. The van der Waals surface area contributed by atoms with E-state index in [9.17, 15) is 22.8 Å². The summed E-state index contributed by atoms with van der Waals surface area (Å²) >= 11 is 0. The highest BCUT2D eigenvalue weighted by molar-refractivity contribution is 7.92. The first-order valence-corrected chi connectivity index (χ1v) is 11.4. The van der Waals surface area contributed by atoms with Gasteiger partial charge in [0, 0.05) is 13.1 Å². The van der Waals surface area contributed by atoms with Crippen molar-refractivity contribution in [2.24, 2.45) is 5.92 Å². The predicted octanol–water partition coefficient (Wildman–Crippen LogP) is 1.93. The first-order valence-electron chi connectivity index (χ1n) is 9.87. The highest BCUT2D eigenvalue weighted by Gasteiger charge is 2.25. The van der Waals surface area contributed by atoms with Crippen LogP contribution in [0.2, 0.25) is 0 Å². The van der Waals surface area contributed by atoms with Crippen LogP contribution < -0.4 is 10.4 Å². The summed E-state index contributed by atoms with van der Waals surface area (Å²) in [4.78, 5) is 42.8. The van der Waals surface area contributed by atoms with E-state index in [1.165, 1.54) is 42.3 Å². The van der Waals surface area contributed by atoms with Gasteiger partial charge < -0.3 is 19.6 Å². The number of ether oxygens (including phenoxy) is 1. The Morgan fingerprint density at radius 3 is 2.50 bits per heavy atom. The third kappa shape index (κ3) is 4.83. The number of benzene rings is 2. The molecule has 0 bridgehead atoms. The van der Waals surface area contributed by atoms with Crippen LogP contribution >= 0.6 is 0 Å². The van der Waals surface area contributed by atoms with Crippen molar-refractivity contribution in [2.45, 2.75) is 18.7 Å². The van der Waals surface area contributed by atoms with Gasteiger partial charge in [-0.25, -0.2) is 13.2 Å². The average Bonchev–Trinajstić information content (AvgIpc) is 3.15. The lowest BCUT2D eigenvalue weighted by Crippen LogP contribution is -2.37. The number of aromatic nitrogens is 2. The highest BCUT2D eigenvalue weighted by atomic mass is 32.2.